The van der Waals surface area contributed by atoms with Crippen LogP contribution in [0, 0.1) is 0 Å². The van der Waals surface area contributed by atoms with Crippen molar-refractivity contribution in [2.75, 3.05) is 11.9 Å². The lowest BCUT2D eigenvalue weighted by Gasteiger charge is -2.05. The molecular weight excluding hydrogens is 362 g/mol. The summed E-state index contributed by atoms with van der Waals surface area (Å²) >= 11 is 1.33. The van der Waals surface area contributed by atoms with Crippen molar-refractivity contribution in [1.82, 2.24) is 9.97 Å². The highest BCUT2D eigenvalue weighted by Crippen LogP contribution is 2.23. The van der Waals surface area contributed by atoms with E-state index in [9.17, 15) is 9.59 Å². The predicted octanol–water partition coefficient (Wildman–Crippen LogP) is 4.21. The Morgan fingerprint density at radius 3 is 2.59 bits per heavy atom. The molecule has 6 nitrogen and oxygen atoms in total. The Morgan fingerprint density at radius 1 is 1.07 bits per heavy atom. The fraction of sp³-hybridized carbons (Fsp3) is 0.200. The summed E-state index contributed by atoms with van der Waals surface area (Å²) in [6.45, 7) is 2.48. The number of anilines is 1. The Hall–Kier alpha value is -3.06. The van der Waals surface area contributed by atoms with Crippen molar-refractivity contribution in [3.63, 3.8) is 0 Å². The van der Waals surface area contributed by atoms with Crippen LogP contribution in [-0.4, -0.2) is 28.3 Å². The van der Waals surface area contributed by atoms with Gasteiger partial charge in [0.25, 0.3) is 0 Å². The van der Waals surface area contributed by atoms with Crippen LogP contribution in [0.5, 0.6) is 5.75 Å². The Kier molecular flexibility index (Phi) is 6.27. The van der Waals surface area contributed by atoms with Crippen LogP contribution >= 0.6 is 11.3 Å². The molecule has 0 fully saturated rings. The van der Waals surface area contributed by atoms with E-state index in [0.29, 0.717) is 23.0 Å². The van der Waals surface area contributed by atoms with Gasteiger partial charge in [0.15, 0.2) is 10.9 Å². The zero-order valence-corrected chi connectivity index (χ0v) is 15.7. The first-order valence-corrected chi connectivity index (χ1v) is 9.46. The maximum Gasteiger partial charge on any atom is 0.226 e. The van der Waals surface area contributed by atoms with E-state index >= 15 is 0 Å². The van der Waals surface area contributed by atoms with Crippen LogP contribution in [0.1, 0.15) is 30.1 Å². The molecule has 2 aromatic heterocycles. The number of carbonyl (C=O) groups excluding carboxylic acids is 2. The highest BCUT2D eigenvalue weighted by atomic mass is 32.1. The maximum absolute atomic E-state index is 12.2. The molecule has 7 heteroatoms. The van der Waals surface area contributed by atoms with Crippen LogP contribution in [0.4, 0.5) is 5.13 Å². The van der Waals surface area contributed by atoms with E-state index in [4.69, 9.17) is 4.74 Å². The molecule has 1 aromatic carbocycles. The number of nitrogens with one attached hydrogen (secondary N) is 1. The second-order valence-corrected chi connectivity index (χ2v) is 6.54. The van der Waals surface area contributed by atoms with Crippen molar-refractivity contribution in [2.45, 2.75) is 19.8 Å². The number of hydrogen-bond acceptors (Lipinski definition) is 6. The first kappa shape index (κ1) is 18.7. The number of ether oxygens (including phenoxy) is 1. The van der Waals surface area contributed by atoms with E-state index < -0.39 is 0 Å². The molecule has 27 heavy (non-hydrogen) atoms. The SMILES string of the molecule is CCOc1ccc(C(=O)CCC(=O)Nc2nc(-c3ccccn3)cs2)cc1. The largest absolute Gasteiger partial charge is 0.494 e. The fourth-order valence-electron chi connectivity index (χ4n) is 2.42. The van der Waals surface area contributed by atoms with Gasteiger partial charge in [0.2, 0.25) is 5.91 Å². The lowest BCUT2D eigenvalue weighted by Crippen LogP contribution is -2.13. The molecule has 0 aliphatic heterocycles. The van der Waals surface area contributed by atoms with Crippen LogP contribution in [0.2, 0.25) is 0 Å². The first-order chi connectivity index (χ1) is 13.2. The Bertz CT molecular complexity index is 908. The average molecular weight is 381 g/mol. The van der Waals surface area contributed by atoms with E-state index in [0.717, 1.165) is 11.4 Å². The molecule has 0 saturated carbocycles. The normalized spacial score (nSPS) is 10.4. The number of Topliss-reactive ketones (excluding diaryl/α,β-unsaturated/α-hetero) is 1. The van der Waals surface area contributed by atoms with Crippen LogP contribution in [0.3, 0.4) is 0 Å². The summed E-state index contributed by atoms with van der Waals surface area (Å²) in [4.78, 5) is 32.9. The molecular formula is C20H19N3O3S. The van der Waals surface area contributed by atoms with Gasteiger partial charge in [0.1, 0.15) is 11.4 Å². The van der Waals surface area contributed by atoms with Gasteiger partial charge >= 0.3 is 0 Å². The predicted molar refractivity (Wildman–Crippen MR) is 105 cm³/mol. The van der Waals surface area contributed by atoms with E-state index in [1.807, 2.05) is 30.5 Å². The fourth-order valence-corrected chi connectivity index (χ4v) is 3.14. The van der Waals surface area contributed by atoms with Gasteiger partial charge in [-0.1, -0.05) is 6.07 Å². The number of rotatable bonds is 8. The average Bonchev–Trinajstić information content (AvgIpc) is 3.16. The van der Waals surface area contributed by atoms with Crippen LogP contribution in [0.25, 0.3) is 11.4 Å². The standard InChI is InChI=1S/C20H19N3O3S/c1-2-26-15-8-6-14(7-9-15)18(24)10-11-19(25)23-20-22-17(13-27-20)16-5-3-4-12-21-16/h3-9,12-13H,2,10-11H2,1H3,(H,22,23,25). The Labute approximate surface area is 161 Å². The quantitative estimate of drug-likeness (QED) is 0.591. The van der Waals surface area contributed by atoms with Crippen LogP contribution in [0.15, 0.2) is 54.0 Å². The first-order valence-electron chi connectivity index (χ1n) is 8.58. The minimum absolute atomic E-state index is 0.0819. The molecule has 3 aromatic rings. The van der Waals surface area contributed by atoms with Crippen LogP contribution < -0.4 is 10.1 Å². The van der Waals surface area contributed by atoms with E-state index in [1.54, 1.807) is 30.5 Å². The van der Waals surface area contributed by atoms with E-state index in [-0.39, 0.29) is 24.5 Å². The second kappa shape index (κ2) is 9.05. The van der Waals surface area contributed by atoms with Crippen molar-refractivity contribution in [2.24, 2.45) is 0 Å². The molecule has 138 valence electrons. The molecule has 0 saturated heterocycles. The molecule has 3 rings (SSSR count). The van der Waals surface area contributed by atoms with Crippen molar-refractivity contribution in [3.8, 4) is 17.1 Å². The van der Waals surface area contributed by atoms with Crippen LogP contribution in [-0.2, 0) is 4.79 Å². The summed E-state index contributed by atoms with van der Waals surface area (Å²) in [6.07, 6.45) is 1.93. The molecule has 0 atom stereocenters. The minimum Gasteiger partial charge on any atom is -0.494 e. The van der Waals surface area contributed by atoms with Gasteiger partial charge in [0, 0.05) is 30.0 Å². The van der Waals surface area contributed by atoms with Gasteiger partial charge in [-0.15, -0.1) is 11.3 Å². The van der Waals surface area contributed by atoms with Gasteiger partial charge < -0.3 is 10.1 Å². The highest BCUT2D eigenvalue weighted by molar-refractivity contribution is 7.14. The number of thiazole rings is 1. The van der Waals surface area contributed by atoms with Crippen molar-refractivity contribution < 1.29 is 14.3 Å². The zero-order chi connectivity index (χ0) is 19.1. The van der Waals surface area contributed by atoms with Gasteiger partial charge in [0.05, 0.1) is 12.3 Å². The molecule has 1 amide bonds. The maximum atomic E-state index is 12.2. The third kappa shape index (κ3) is 5.21. The van der Waals surface area contributed by atoms with E-state index in [2.05, 4.69) is 15.3 Å². The summed E-state index contributed by atoms with van der Waals surface area (Å²) in [5.41, 5.74) is 2.03. The summed E-state index contributed by atoms with van der Waals surface area (Å²) < 4.78 is 5.35. The number of carbonyl (C=O) groups is 2. The molecule has 2 heterocycles. The number of ketones is 1. The third-order valence-electron chi connectivity index (χ3n) is 3.74. The Morgan fingerprint density at radius 2 is 1.89 bits per heavy atom. The third-order valence-corrected chi connectivity index (χ3v) is 4.50. The van der Waals surface area contributed by atoms with Gasteiger partial charge in [-0.05, 0) is 43.3 Å². The zero-order valence-electron chi connectivity index (χ0n) is 14.8. The lowest BCUT2D eigenvalue weighted by molar-refractivity contribution is -0.116. The summed E-state index contributed by atoms with van der Waals surface area (Å²) in [5, 5.41) is 5.06. The molecule has 0 aliphatic rings. The summed E-state index contributed by atoms with van der Waals surface area (Å²) in [6, 6.07) is 12.5. The molecule has 0 bridgehead atoms. The lowest BCUT2D eigenvalue weighted by atomic mass is 10.1. The van der Waals surface area contributed by atoms with Crippen molar-refractivity contribution >= 4 is 28.2 Å². The number of hydrogen-bond donors (Lipinski definition) is 1. The topological polar surface area (TPSA) is 81.2 Å². The highest BCUT2D eigenvalue weighted by Gasteiger charge is 2.12. The van der Waals surface area contributed by atoms with Crippen molar-refractivity contribution in [1.29, 1.82) is 0 Å². The number of nitrogens with zero attached hydrogens (tertiary/aromatic N) is 2. The molecule has 0 unspecified atom stereocenters. The number of aromatic nitrogens is 2. The second-order valence-electron chi connectivity index (χ2n) is 5.68. The van der Waals surface area contributed by atoms with E-state index in [1.165, 1.54) is 11.3 Å². The smallest absolute Gasteiger partial charge is 0.226 e. The van der Waals surface area contributed by atoms with Gasteiger partial charge in [-0.2, -0.15) is 0 Å². The minimum atomic E-state index is -0.240. The van der Waals surface area contributed by atoms with Gasteiger partial charge in [-0.25, -0.2) is 4.98 Å². The molecule has 1 N–H and O–H groups in total. The molecule has 0 radical (unpaired) electrons. The number of pyridine rings is 1. The van der Waals surface area contributed by atoms with Crippen molar-refractivity contribution in [3.05, 3.63) is 59.6 Å². The number of amides is 1. The Balaban J connectivity index is 1.51. The molecule has 0 aliphatic carbocycles. The monoisotopic (exact) mass is 381 g/mol. The van der Waals surface area contributed by atoms with Gasteiger partial charge in [-0.3, -0.25) is 14.6 Å². The summed E-state index contributed by atoms with van der Waals surface area (Å²) in [7, 11) is 0. The number of benzene rings is 1. The molecule has 0 spiro atoms. The summed E-state index contributed by atoms with van der Waals surface area (Å²) in [5.74, 6) is 0.400.